The van der Waals surface area contributed by atoms with E-state index in [1.54, 1.807) is 6.92 Å². The third kappa shape index (κ3) is 3.98. The Hall–Kier alpha value is -2.08. The van der Waals surface area contributed by atoms with Crippen molar-refractivity contribution >= 4 is 28.9 Å². The number of benzene rings is 1. The van der Waals surface area contributed by atoms with Gasteiger partial charge in [0.05, 0.1) is 6.61 Å². The van der Waals surface area contributed by atoms with Gasteiger partial charge in [-0.05, 0) is 31.9 Å². The van der Waals surface area contributed by atoms with Crippen molar-refractivity contribution in [3.63, 3.8) is 0 Å². The second kappa shape index (κ2) is 7.79. The lowest BCUT2D eigenvalue weighted by atomic mass is 10.2. The fourth-order valence-electron chi connectivity index (χ4n) is 2.35. The summed E-state index contributed by atoms with van der Waals surface area (Å²) < 4.78 is 5.11. The molecule has 3 N–H and O–H groups in total. The van der Waals surface area contributed by atoms with Crippen molar-refractivity contribution in [2.45, 2.75) is 19.8 Å². The summed E-state index contributed by atoms with van der Waals surface area (Å²) in [6.07, 6.45) is 2.13. The van der Waals surface area contributed by atoms with Crippen LogP contribution >= 0.6 is 12.2 Å². The van der Waals surface area contributed by atoms with Crippen LogP contribution < -0.4 is 11.1 Å². The van der Waals surface area contributed by atoms with Gasteiger partial charge in [-0.3, -0.25) is 0 Å². The fourth-order valence-corrected chi connectivity index (χ4v) is 2.65. The van der Waals surface area contributed by atoms with E-state index in [0.717, 1.165) is 31.6 Å². The summed E-state index contributed by atoms with van der Waals surface area (Å²) >= 11 is 5.38. The van der Waals surface area contributed by atoms with Gasteiger partial charge in [-0.1, -0.05) is 30.4 Å². The van der Waals surface area contributed by atoms with E-state index in [0.29, 0.717) is 5.82 Å². The third-order valence-electron chi connectivity index (χ3n) is 3.44. The summed E-state index contributed by atoms with van der Waals surface area (Å²) in [4.78, 5) is 14.5. The number of hydrogen-bond acceptors (Lipinski definition) is 5. The molecule has 0 aromatic heterocycles. The first kappa shape index (κ1) is 16.3. The van der Waals surface area contributed by atoms with Gasteiger partial charge < -0.3 is 20.7 Å². The highest BCUT2D eigenvalue weighted by Gasteiger charge is 2.25. The monoisotopic (exact) mass is 319 g/mol. The molecule has 0 saturated carbocycles. The highest BCUT2D eigenvalue weighted by Crippen LogP contribution is 2.18. The Bertz CT molecular complexity index is 566. The number of para-hydroxylation sites is 1. The first-order valence-electron chi connectivity index (χ1n) is 7.41. The zero-order valence-corrected chi connectivity index (χ0v) is 13.5. The minimum absolute atomic E-state index is 0.239. The van der Waals surface area contributed by atoms with E-state index in [9.17, 15) is 4.79 Å². The number of ether oxygens (including phenoxy) is 1. The van der Waals surface area contributed by atoms with Gasteiger partial charge >= 0.3 is 5.97 Å². The van der Waals surface area contributed by atoms with Crippen molar-refractivity contribution in [3.8, 4) is 0 Å². The van der Waals surface area contributed by atoms with E-state index >= 15 is 0 Å². The van der Waals surface area contributed by atoms with Crippen LogP contribution in [0.2, 0.25) is 0 Å². The van der Waals surface area contributed by atoms with Crippen LogP contribution in [0.5, 0.6) is 0 Å². The Balaban J connectivity index is 2.25. The smallest absolute Gasteiger partial charge is 0.344 e. The van der Waals surface area contributed by atoms with E-state index in [2.05, 4.69) is 5.32 Å². The molecule has 22 heavy (non-hydrogen) atoms. The molecule has 0 aliphatic carbocycles. The number of nitrogens with two attached hydrogens (primary N) is 1. The number of hydrogen-bond donors (Lipinski definition) is 2. The summed E-state index contributed by atoms with van der Waals surface area (Å²) in [5, 5.41) is 3.05. The number of carbonyl (C=O) groups is 1. The van der Waals surface area contributed by atoms with Crippen LogP contribution in [0.15, 0.2) is 41.7 Å². The molecule has 0 bridgehead atoms. The van der Waals surface area contributed by atoms with Crippen LogP contribution in [0, 0.1) is 0 Å². The minimum Gasteiger partial charge on any atom is -0.462 e. The molecule has 5 nitrogen and oxygen atoms in total. The lowest BCUT2D eigenvalue weighted by Gasteiger charge is -2.21. The number of thiocarbonyl (C=S) groups is 1. The Kier molecular flexibility index (Phi) is 5.77. The molecule has 0 amide bonds. The number of anilines is 1. The van der Waals surface area contributed by atoms with Crippen LogP contribution in [0.3, 0.4) is 0 Å². The third-order valence-corrected chi connectivity index (χ3v) is 3.75. The molecular formula is C16H21N3O2S. The van der Waals surface area contributed by atoms with Gasteiger partial charge in [0.1, 0.15) is 16.4 Å². The fraction of sp³-hybridized carbons (Fsp3) is 0.375. The summed E-state index contributed by atoms with van der Waals surface area (Å²) in [5.41, 5.74) is 7.23. The molecule has 1 fully saturated rings. The topological polar surface area (TPSA) is 67.6 Å². The maximum Gasteiger partial charge on any atom is 0.344 e. The molecule has 1 aliphatic heterocycles. The molecular weight excluding hydrogens is 298 g/mol. The van der Waals surface area contributed by atoms with Crippen LogP contribution in [0.1, 0.15) is 19.8 Å². The van der Waals surface area contributed by atoms with E-state index in [-0.39, 0.29) is 17.2 Å². The standard InChI is InChI=1S/C16H21N3O2S/c1-2-21-16(20)13(14(17)19-10-6-7-11-19)15(22)18-12-8-4-3-5-9-12/h3-5,8-9H,2,6-7,10-11,17H2,1H3,(H,18,22)/b14-13+. The number of esters is 1. The predicted octanol–water partition coefficient (Wildman–Crippen LogP) is 2.26. The molecule has 2 rings (SSSR count). The first-order valence-corrected chi connectivity index (χ1v) is 7.82. The molecule has 0 spiro atoms. The van der Waals surface area contributed by atoms with E-state index < -0.39 is 5.97 Å². The molecule has 6 heteroatoms. The SMILES string of the molecule is CCOC(=O)/C(C(=S)Nc1ccccc1)=C(\N)N1CCCC1. The average Bonchev–Trinajstić information content (AvgIpc) is 3.03. The molecule has 0 unspecified atom stereocenters. The molecule has 1 aliphatic rings. The zero-order valence-electron chi connectivity index (χ0n) is 12.7. The summed E-state index contributed by atoms with van der Waals surface area (Å²) in [6.45, 7) is 3.71. The lowest BCUT2D eigenvalue weighted by Crippen LogP contribution is -2.33. The second-order valence-corrected chi connectivity index (χ2v) is 5.40. The van der Waals surface area contributed by atoms with Crippen molar-refractivity contribution in [1.29, 1.82) is 0 Å². The van der Waals surface area contributed by atoms with Crippen molar-refractivity contribution in [1.82, 2.24) is 4.90 Å². The van der Waals surface area contributed by atoms with E-state index in [1.807, 2.05) is 35.2 Å². The predicted molar refractivity (Wildman–Crippen MR) is 91.3 cm³/mol. The molecule has 0 radical (unpaired) electrons. The molecule has 0 atom stereocenters. The van der Waals surface area contributed by atoms with Crippen LogP contribution in [-0.4, -0.2) is 35.6 Å². The minimum atomic E-state index is -0.486. The molecule has 1 aromatic carbocycles. The van der Waals surface area contributed by atoms with Crippen molar-refractivity contribution in [3.05, 3.63) is 41.7 Å². The molecule has 1 aromatic rings. The normalized spacial score (nSPS) is 15.2. The second-order valence-electron chi connectivity index (χ2n) is 5.00. The van der Waals surface area contributed by atoms with Gasteiger partial charge in [-0.15, -0.1) is 0 Å². The number of nitrogens with zero attached hydrogens (tertiary/aromatic N) is 1. The highest BCUT2D eigenvalue weighted by molar-refractivity contribution is 7.81. The first-order chi connectivity index (χ1) is 10.6. The maximum atomic E-state index is 12.3. The van der Waals surface area contributed by atoms with Gasteiger partial charge in [-0.2, -0.15) is 0 Å². The number of carbonyl (C=O) groups excluding carboxylic acids is 1. The largest absolute Gasteiger partial charge is 0.462 e. The number of nitrogens with one attached hydrogen (secondary N) is 1. The zero-order chi connectivity index (χ0) is 15.9. The Morgan fingerprint density at radius 3 is 2.55 bits per heavy atom. The van der Waals surface area contributed by atoms with Crippen molar-refractivity contribution in [2.75, 3.05) is 25.0 Å². The van der Waals surface area contributed by atoms with Gasteiger partial charge in [0.15, 0.2) is 0 Å². The number of rotatable bonds is 5. The quantitative estimate of drug-likeness (QED) is 0.493. The average molecular weight is 319 g/mol. The van der Waals surface area contributed by atoms with E-state index in [1.165, 1.54) is 0 Å². The van der Waals surface area contributed by atoms with Gasteiger partial charge in [-0.25, -0.2) is 4.79 Å². The van der Waals surface area contributed by atoms with Crippen LogP contribution in [0.25, 0.3) is 0 Å². The Morgan fingerprint density at radius 2 is 1.95 bits per heavy atom. The molecule has 1 saturated heterocycles. The summed E-state index contributed by atoms with van der Waals surface area (Å²) in [7, 11) is 0. The van der Waals surface area contributed by atoms with E-state index in [4.69, 9.17) is 22.7 Å². The van der Waals surface area contributed by atoms with Crippen molar-refractivity contribution < 1.29 is 9.53 Å². The van der Waals surface area contributed by atoms with Crippen molar-refractivity contribution in [2.24, 2.45) is 5.73 Å². The number of likely N-dealkylation sites (tertiary alicyclic amines) is 1. The summed E-state index contributed by atoms with van der Waals surface area (Å²) in [5.74, 6) is -0.0929. The molecule has 118 valence electrons. The van der Waals surface area contributed by atoms with Gasteiger partial charge in [0.2, 0.25) is 0 Å². The Labute approximate surface area is 136 Å². The van der Waals surface area contributed by atoms with Gasteiger partial charge in [0, 0.05) is 18.8 Å². The summed E-state index contributed by atoms with van der Waals surface area (Å²) in [6, 6.07) is 9.45. The highest BCUT2D eigenvalue weighted by atomic mass is 32.1. The lowest BCUT2D eigenvalue weighted by molar-refractivity contribution is -0.138. The Morgan fingerprint density at radius 1 is 1.32 bits per heavy atom. The van der Waals surface area contributed by atoms with Crippen LogP contribution in [-0.2, 0) is 9.53 Å². The molecule has 1 heterocycles. The van der Waals surface area contributed by atoms with Gasteiger partial charge in [0.25, 0.3) is 0 Å². The maximum absolute atomic E-state index is 12.3. The van der Waals surface area contributed by atoms with Crippen LogP contribution in [0.4, 0.5) is 5.69 Å².